The number of piperazine rings is 1. The first-order chi connectivity index (χ1) is 14.0. The highest BCUT2D eigenvalue weighted by molar-refractivity contribution is 7.99. The van der Waals surface area contributed by atoms with Crippen LogP contribution in [0, 0.1) is 0 Å². The molecule has 0 aliphatic carbocycles. The molecule has 3 heterocycles. The smallest absolute Gasteiger partial charge is 0.284 e. The van der Waals surface area contributed by atoms with E-state index in [9.17, 15) is 13.2 Å². The van der Waals surface area contributed by atoms with E-state index < -0.39 is 10.0 Å². The predicted octanol–water partition coefficient (Wildman–Crippen LogP) is 1.95. The molecule has 1 saturated heterocycles. The fourth-order valence-electron chi connectivity index (χ4n) is 2.90. The van der Waals surface area contributed by atoms with E-state index in [1.807, 2.05) is 0 Å². The van der Waals surface area contributed by atoms with Crippen LogP contribution in [0.1, 0.15) is 0 Å². The van der Waals surface area contributed by atoms with Crippen molar-refractivity contribution in [3.8, 4) is 11.7 Å². The number of aromatic nitrogens is 2. The number of sulfonamides is 1. The maximum absolute atomic E-state index is 12.7. The van der Waals surface area contributed by atoms with E-state index in [-0.39, 0.29) is 40.8 Å². The van der Waals surface area contributed by atoms with Crippen molar-refractivity contribution in [2.75, 3.05) is 31.9 Å². The number of carbonyl (C=O) groups excluding carboxylic acids is 1. The molecule has 0 saturated carbocycles. The van der Waals surface area contributed by atoms with Crippen LogP contribution in [-0.4, -0.2) is 65.7 Å². The van der Waals surface area contributed by atoms with Crippen molar-refractivity contribution in [2.45, 2.75) is 10.1 Å². The molecule has 1 amide bonds. The molecule has 1 aliphatic heterocycles. The van der Waals surface area contributed by atoms with Gasteiger partial charge in [0.05, 0.1) is 16.9 Å². The van der Waals surface area contributed by atoms with Crippen molar-refractivity contribution in [3.05, 3.63) is 48.7 Å². The summed E-state index contributed by atoms with van der Waals surface area (Å²) in [6.45, 7) is 1.20. The summed E-state index contributed by atoms with van der Waals surface area (Å²) in [5, 5.41) is 8.05. The van der Waals surface area contributed by atoms with Gasteiger partial charge in [-0.15, -0.1) is 10.2 Å². The average Bonchev–Trinajstić information content (AvgIpc) is 3.44. The third-order valence-corrected chi connectivity index (χ3v) is 7.15. The molecule has 0 N–H and O–H groups in total. The van der Waals surface area contributed by atoms with E-state index in [0.717, 1.165) is 11.8 Å². The van der Waals surface area contributed by atoms with Crippen molar-refractivity contribution in [1.82, 2.24) is 19.4 Å². The zero-order chi connectivity index (χ0) is 20.3. The van der Waals surface area contributed by atoms with Gasteiger partial charge in [-0.1, -0.05) is 30.0 Å². The van der Waals surface area contributed by atoms with E-state index >= 15 is 0 Å². The van der Waals surface area contributed by atoms with Gasteiger partial charge < -0.3 is 13.7 Å². The van der Waals surface area contributed by atoms with Crippen LogP contribution in [-0.2, 0) is 14.8 Å². The second-order valence-electron chi connectivity index (χ2n) is 6.24. The standard InChI is InChI=1S/C18H18N4O5S2/c23-16(13-28-18-20-19-17(27-18)15-7-4-12-26-15)21-8-10-22(11-9-21)29(24,25)14-5-2-1-3-6-14/h1-7,12H,8-11,13H2. The Labute approximate surface area is 171 Å². The predicted molar refractivity (Wildman–Crippen MR) is 105 cm³/mol. The lowest BCUT2D eigenvalue weighted by Crippen LogP contribution is -2.50. The van der Waals surface area contributed by atoms with Gasteiger partial charge in [-0.25, -0.2) is 8.42 Å². The monoisotopic (exact) mass is 434 g/mol. The van der Waals surface area contributed by atoms with Gasteiger partial charge in [0.2, 0.25) is 15.9 Å². The van der Waals surface area contributed by atoms with Gasteiger partial charge >= 0.3 is 0 Å². The number of thioether (sulfide) groups is 1. The van der Waals surface area contributed by atoms with Gasteiger partial charge in [0.1, 0.15) is 0 Å². The van der Waals surface area contributed by atoms with Crippen molar-refractivity contribution < 1.29 is 22.0 Å². The first kappa shape index (κ1) is 19.7. The van der Waals surface area contributed by atoms with Crippen molar-refractivity contribution in [3.63, 3.8) is 0 Å². The molecule has 0 unspecified atom stereocenters. The summed E-state index contributed by atoms with van der Waals surface area (Å²) < 4.78 is 37.4. The lowest BCUT2D eigenvalue weighted by atomic mass is 10.3. The largest absolute Gasteiger partial charge is 0.459 e. The third-order valence-electron chi connectivity index (χ3n) is 4.43. The van der Waals surface area contributed by atoms with Crippen LogP contribution < -0.4 is 0 Å². The Hall–Kier alpha value is -2.63. The highest BCUT2D eigenvalue weighted by Gasteiger charge is 2.30. The normalized spacial score (nSPS) is 15.5. The van der Waals surface area contributed by atoms with E-state index in [1.54, 1.807) is 47.4 Å². The van der Waals surface area contributed by atoms with Crippen molar-refractivity contribution in [2.24, 2.45) is 0 Å². The molecule has 11 heteroatoms. The maximum Gasteiger partial charge on any atom is 0.284 e. The summed E-state index contributed by atoms with van der Waals surface area (Å²) in [4.78, 5) is 14.4. The fourth-order valence-corrected chi connectivity index (χ4v) is 5.01. The molecule has 0 atom stereocenters. The van der Waals surface area contributed by atoms with Gasteiger partial charge in [-0.2, -0.15) is 4.31 Å². The molecule has 0 bridgehead atoms. The molecular formula is C18H18N4O5S2. The molecule has 9 nitrogen and oxygen atoms in total. The second-order valence-corrected chi connectivity index (χ2v) is 9.10. The molecule has 0 spiro atoms. The molecule has 152 valence electrons. The minimum atomic E-state index is -3.54. The first-order valence-corrected chi connectivity index (χ1v) is 11.3. The Bertz CT molecular complexity index is 1060. The highest BCUT2D eigenvalue weighted by atomic mass is 32.2. The van der Waals surface area contributed by atoms with Gasteiger partial charge in [0.25, 0.3) is 11.1 Å². The van der Waals surface area contributed by atoms with E-state index in [4.69, 9.17) is 8.83 Å². The first-order valence-electron chi connectivity index (χ1n) is 8.87. The lowest BCUT2D eigenvalue weighted by Gasteiger charge is -2.33. The van der Waals surface area contributed by atoms with Crippen molar-refractivity contribution >= 4 is 27.7 Å². The Morgan fingerprint density at radius 2 is 1.79 bits per heavy atom. The van der Waals surface area contributed by atoms with Crippen LogP contribution in [0.4, 0.5) is 0 Å². The minimum Gasteiger partial charge on any atom is -0.459 e. The third kappa shape index (κ3) is 4.36. The fraction of sp³-hybridized carbons (Fsp3) is 0.278. The number of carbonyl (C=O) groups is 1. The molecule has 29 heavy (non-hydrogen) atoms. The number of benzene rings is 1. The van der Waals surface area contributed by atoms with Crippen LogP contribution >= 0.6 is 11.8 Å². The van der Waals surface area contributed by atoms with E-state index in [2.05, 4.69) is 10.2 Å². The van der Waals surface area contributed by atoms with E-state index in [1.165, 1.54) is 10.6 Å². The van der Waals surface area contributed by atoms with Crippen molar-refractivity contribution in [1.29, 1.82) is 0 Å². The number of amides is 1. The zero-order valence-corrected chi connectivity index (χ0v) is 16.9. The summed E-state index contributed by atoms with van der Waals surface area (Å²) in [7, 11) is -3.54. The molecular weight excluding hydrogens is 416 g/mol. The zero-order valence-electron chi connectivity index (χ0n) is 15.3. The Morgan fingerprint density at radius 1 is 1.03 bits per heavy atom. The van der Waals surface area contributed by atoms with Crippen LogP contribution in [0.3, 0.4) is 0 Å². The number of furan rings is 1. The molecule has 1 fully saturated rings. The summed E-state index contributed by atoms with van der Waals surface area (Å²) in [6, 6.07) is 11.7. The Balaban J connectivity index is 1.29. The Morgan fingerprint density at radius 3 is 2.48 bits per heavy atom. The number of hydrogen-bond acceptors (Lipinski definition) is 8. The lowest BCUT2D eigenvalue weighted by molar-refractivity contribution is -0.129. The quantitative estimate of drug-likeness (QED) is 0.542. The molecule has 2 aromatic heterocycles. The SMILES string of the molecule is O=C(CSc1nnc(-c2ccco2)o1)N1CCN(S(=O)(=O)c2ccccc2)CC1. The Kier molecular flexibility index (Phi) is 5.69. The number of nitrogens with zero attached hydrogens (tertiary/aromatic N) is 4. The number of rotatable bonds is 6. The summed E-state index contributed by atoms with van der Waals surface area (Å²) >= 11 is 1.14. The second kappa shape index (κ2) is 8.39. The van der Waals surface area contributed by atoms with Gasteiger partial charge in [-0.3, -0.25) is 4.79 Å². The molecule has 3 aromatic rings. The van der Waals surface area contributed by atoms with E-state index in [0.29, 0.717) is 18.8 Å². The maximum atomic E-state index is 12.7. The average molecular weight is 434 g/mol. The molecule has 1 aromatic carbocycles. The number of hydrogen-bond donors (Lipinski definition) is 0. The summed E-state index contributed by atoms with van der Waals surface area (Å²) in [5.74, 6) is 0.742. The highest BCUT2D eigenvalue weighted by Crippen LogP contribution is 2.24. The molecule has 4 rings (SSSR count). The van der Waals surface area contributed by atoms with Crippen LogP contribution in [0.2, 0.25) is 0 Å². The topological polar surface area (TPSA) is 110 Å². The van der Waals surface area contributed by atoms with Gasteiger partial charge in [0, 0.05) is 26.2 Å². The van der Waals surface area contributed by atoms with Crippen LogP contribution in [0.25, 0.3) is 11.7 Å². The van der Waals surface area contributed by atoms with Crippen LogP contribution in [0.15, 0.2) is 67.7 Å². The minimum absolute atomic E-state index is 0.107. The molecule has 0 radical (unpaired) electrons. The van der Waals surface area contributed by atoms with Crippen LogP contribution in [0.5, 0.6) is 0 Å². The summed E-state index contributed by atoms with van der Waals surface area (Å²) in [5.41, 5.74) is 0. The summed E-state index contributed by atoms with van der Waals surface area (Å²) in [6.07, 6.45) is 1.51. The molecule has 1 aliphatic rings. The van der Waals surface area contributed by atoms with Gasteiger partial charge in [0.15, 0.2) is 5.76 Å². The van der Waals surface area contributed by atoms with Gasteiger partial charge in [-0.05, 0) is 24.3 Å².